The zero-order valence-corrected chi connectivity index (χ0v) is 20.1. The van der Waals surface area contributed by atoms with Gasteiger partial charge in [-0.05, 0) is 81.1 Å². The Kier molecular flexibility index (Phi) is 5.93. The van der Waals surface area contributed by atoms with Crippen LogP contribution in [0.15, 0.2) is 67.1 Å². The minimum Gasteiger partial charge on any atom is -0.365 e. The van der Waals surface area contributed by atoms with Crippen LogP contribution in [0.1, 0.15) is 49.7 Å². The number of carbonyl (C=O) groups is 1. The van der Waals surface area contributed by atoms with Crippen molar-refractivity contribution in [2.24, 2.45) is 0 Å². The molecular weight excluding hydrogens is 441 g/mol. The molecule has 7 heteroatoms. The monoisotopic (exact) mass is 469 g/mol. The van der Waals surface area contributed by atoms with Gasteiger partial charge in [0, 0.05) is 35.3 Å². The number of anilines is 1. The summed E-state index contributed by atoms with van der Waals surface area (Å²) in [6.07, 6.45) is 5.01. The average molecular weight is 470 g/mol. The Morgan fingerprint density at radius 2 is 1.80 bits per heavy atom. The third-order valence-corrected chi connectivity index (χ3v) is 5.98. The van der Waals surface area contributed by atoms with Crippen LogP contribution >= 0.6 is 0 Å². The molecule has 5 rings (SSSR count). The van der Waals surface area contributed by atoms with Gasteiger partial charge >= 0.3 is 0 Å². The van der Waals surface area contributed by atoms with E-state index in [9.17, 15) is 9.18 Å². The van der Waals surface area contributed by atoms with Crippen molar-refractivity contribution in [3.8, 4) is 11.1 Å². The van der Waals surface area contributed by atoms with Crippen molar-refractivity contribution >= 4 is 22.6 Å². The van der Waals surface area contributed by atoms with Crippen molar-refractivity contribution in [1.82, 2.24) is 19.9 Å². The summed E-state index contributed by atoms with van der Waals surface area (Å²) in [5, 5.41) is 4.33. The number of hydrogen-bond acceptors (Lipinski definition) is 5. The standard InChI is InChI=1S/C28H28FN5O/c1-28(2,3)33-26-22-15-19(8-12-24(22)31-17-32-26)18-7-11-23(29)20(14-18)16-34(21-9-10-21)27(35)25-6-4-5-13-30-25/h4-8,11-15,17,21H,9-10,16H2,1-3H3,(H,31,32,33). The number of nitrogens with zero attached hydrogens (tertiary/aromatic N) is 4. The van der Waals surface area contributed by atoms with E-state index in [0.717, 1.165) is 40.7 Å². The maximum Gasteiger partial charge on any atom is 0.272 e. The lowest BCUT2D eigenvalue weighted by Crippen LogP contribution is -2.33. The highest BCUT2D eigenvalue weighted by molar-refractivity contribution is 5.93. The summed E-state index contributed by atoms with van der Waals surface area (Å²) in [7, 11) is 0. The molecule has 0 radical (unpaired) electrons. The first-order valence-electron chi connectivity index (χ1n) is 11.8. The largest absolute Gasteiger partial charge is 0.365 e. The molecule has 1 fully saturated rings. The molecule has 1 aliphatic rings. The first kappa shape index (κ1) is 22.9. The molecule has 35 heavy (non-hydrogen) atoms. The van der Waals surface area contributed by atoms with Crippen molar-refractivity contribution in [3.63, 3.8) is 0 Å². The molecule has 178 valence electrons. The van der Waals surface area contributed by atoms with Gasteiger partial charge in [0.1, 0.15) is 23.7 Å². The van der Waals surface area contributed by atoms with E-state index < -0.39 is 0 Å². The van der Waals surface area contributed by atoms with Crippen LogP contribution < -0.4 is 5.32 Å². The van der Waals surface area contributed by atoms with E-state index in [1.54, 1.807) is 41.7 Å². The number of nitrogens with one attached hydrogen (secondary N) is 1. The number of rotatable bonds is 6. The van der Waals surface area contributed by atoms with E-state index in [1.807, 2.05) is 24.3 Å². The van der Waals surface area contributed by atoms with Gasteiger partial charge in [-0.1, -0.05) is 18.2 Å². The second-order valence-electron chi connectivity index (χ2n) is 10.0. The summed E-state index contributed by atoms with van der Waals surface area (Å²) in [5.74, 6) is 0.263. The van der Waals surface area contributed by atoms with Gasteiger partial charge in [0.05, 0.1) is 5.52 Å². The van der Waals surface area contributed by atoms with E-state index in [4.69, 9.17) is 0 Å². The number of aromatic nitrogens is 3. The van der Waals surface area contributed by atoms with Crippen LogP contribution in [0.5, 0.6) is 0 Å². The molecule has 2 aromatic heterocycles. The molecule has 2 aromatic carbocycles. The molecule has 4 aromatic rings. The second kappa shape index (κ2) is 9.06. The third-order valence-electron chi connectivity index (χ3n) is 5.98. The summed E-state index contributed by atoms with van der Waals surface area (Å²) >= 11 is 0. The van der Waals surface area contributed by atoms with Crippen molar-refractivity contribution in [3.05, 3.63) is 84.2 Å². The lowest BCUT2D eigenvalue weighted by Gasteiger charge is -2.23. The lowest BCUT2D eigenvalue weighted by molar-refractivity contribution is 0.0722. The van der Waals surface area contributed by atoms with Gasteiger partial charge in [-0.2, -0.15) is 0 Å². The van der Waals surface area contributed by atoms with Crippen LogP contribution in [0, 0.1) is 5.82 Å². The molecule has 1 saturated carbocycles. The van der Waals surface area contributed by atoms with Gasteiger partial charge in [-0.15, -0.1) is 0 Å². The van der Waals surface area contributed by atoms with E-state index >= 15 is 0 Å². The molecule has 0 bridgehead atoms. The number of halogens is 1. The Bertz CT molecular complexity index is 1380. The molecule has 0 saturated heterocycles. The number of benzene rings is 2. The third kappa shape index (κ3) is 5.14. The maximum atomic E-state index is 14.9. The fourth-order valence-corrected chi connectivity index (χ4v) is 4.14. The molecular formula is C28H28FN5O. The van der Waals surface area contributed by atoms with E-state index in [-0.39, 0.29) is 29.8 Å². The van der Waals surface area contributed by atoms with Crippen LogP contribution in [0.4, 0.5) is 10.2 Å². The molecule has 6 nitrogen and oxygen atoms in total. The predicted molar refractivity (Wildman–Crippen MR) is 135 cm³/mol. The molecule has 1 aliphatic carbocycles. The summed E-state index contributed by atoms with van der Waals surface area (Å²) < 4.78 is 14.9. The first-order valence-corrected chi connectivity index (χ1v) is 11.8. The molecule has 1 amide bonds. The van der Waals surface area contributed by atoms with Crippen molar-refractivity contribution in [2.75, 3.05) is 5.32 Å². The summed E-state index contributed by atoms with van der Waals surface area (Å²) in [4.78, 5) is 27.9. The Balaban J connectivity index is 1.48. The second-order valence-corrected chi connectivity index (χ2v) is 10.0. The van der Waals surface area contributed by atoms with E-state index in [1.165, 1.54) is 6.07 Å². The van der Waals surface area contributed by atoms with Crippen LogP contribution in [-0.4, -0.2) is 37.3 Å². The van der Waals surface area contributed by atoms with Crippen LogP contribution in [0.2, 0.25) is 0 Å². The molecule has 2 heterocycles. The molecule has 0 atom stereocenters. The minimum absolute atomic E-state index is 0.122. The van der Waals surface area contributed by atoms with Gasteiger partial charge in [0.15, 0.2) is 0 Å². The summed E-state index contributed by atoms with van der Waals surface area (Å²) in [5.41, 5.74) is 3.33. The highest BCUT2D eigenvalue weighted by Crippen LogP contribution is 2.32. The zero-order chi connectivity index (χ0) is 24.6. The Hall–Kier alpha value is -3.87. The van der Waals surface area contributed by atoms with Crippen LogP contribution in [-0.2, 0) is 6.54 Å². The normalized spacial score (nSPS) is 13.6. The van der Waals surface area contributed by atoms with Crippen molar-refractivity contribution in [2.45, 2.75) is 51.7 Å². The topological polar surface area (TPSA) is 71.0 Å². The smallest absolute Gasteiger partial charge is 0.272 e. The van der Waals surface area contributed by atoms with E-state index in [0.29, 0.717) is 11.3 Å². The van der Waals surface area contributed by atoms with Gasteiger partial charge in [-0.25, -0.2) is 14.4 Å². The molecule has 0 aliphatic heterocycles. The highest BCUT2D eigenvalue weighted by Gasteiger charge is 2.34. The van der Waals surface area contributed by atoms with Gasteiger partial charge in [0.25, 0.3) is 5.91 Å². The molecule has 0 spiro atoms. The number of hydrogen-bond donors (Lipinski definition) is 1. The van der Waals surface area contributed by atoms with Crippen LogP contribution in [0.3, 0.4) is 0 Å². The minimum atomic E-state index is -0.326. The van der Waals surface area contributed by atoms with Crippen LogP contribution in [0.25, 0.3) is 22.0 Å². The average Bonchev–Trinajstić information content (AvgIpc) is 3.68. The SMILES string of the molecule is CC(C)(C)Nc1ncnc2ccc(-c3ccc(F)c(CN(C(=O)c4ccccn4)C4CC4)c3)cc12. The molecule has 1 N–H and O–H groups in total. The lowest BCUT2D eigenvalue weighted by atomic mass is 10.00. The highest BCUT2D eigenvalue weighted by atomic mass is 19.1. The Morgan fingerprint density at radius 1 is 1.03 bits per heavy atom. The summed E-state index contributed by atoms with van der Waals surface area (Å²) in [6.45, 7) is 6.44. The summed E-state index contributed by atoms with van der Waals surface area (Å²) in [6, 6.07) is 16.4. The van der Waals surface area contributed by atoms with Gasteiger partial charge in [0.2, 0.25) is 0 Å². The number of pyridine rings is 1. The number of carbonyl (C=O) groups excluding carboxylic acids is 1. The number of amides is 1. The number of fused-ring (bicyclic) bond motifs is 1. The maximum absolute atomic E-state index is 14.9. The Labute approximate surface area is 204 Å². The van der Waals surface area contributed by atoms with Gasteiger partial charge < -0.3 is 10.2 Å². The fraction of sp³-hybridized carbons (Fsp3) is 0.286. The van der Waals surface area contributed by atoms with Crippen molar-refractivity contribution < 1.29 is 9.18 Å². The fourth-order valence-electron chi connectivity index (χ4n) is 4.14. The first-order chi connectivity index (χ1) is 16.8. The zero-order valence-electron chi connectivity index (χ0n) is 20.1. The molecule has 0 unspecified atom stereocenters. The van der Waals surface area contributed by atoms with Crippen molar-refractivity contribution in [1.29, 1.82) is 0 Å². The van der Waals surface area contributed by atoms with Gasteiger partial charge in [-0.3, -0.25) is 9.78 Å². The predicted octanol–water partition coefficient (Wildman–Crippen LogP) is 5.85. The quantitative estimate of drug-likeness (QED) is 0.384. The Morgan fingerprint density at radius 3 is 2.51 bits per heavy atom. The van der Waals surface area contributed by atoms with E-state index in [2.05, 4.69) is 41.0 Å².